The summed E-state index contributed by atoms with van der Waals surface area (Å²) in [5, 5.41) is 0. The molecule has 4 nitrogen and oxygen atoms in total. The number of carbonyl (C=O) groups excluding carboxylic acids is 1. The zero-order valence-corrected chi connectivity index (χ0v) is 14.2. The van der Waals surface area contributed by atoms with E-state index in [9.17, 15) is 4.79 Å². The summed E-state index contributed by atoms with van der Waals surface area (Å²) in [6, 6.07) is 0.609. The van der Waals surface area contributed by atoms with Gasteiger partial charge in [0.25, 0.3) is 0 Å². The minimum Gasteiger partial charge on any atom is -0.378 e. The first-order valence-electron chi connectivity index (χ1n) is 9.22. The highest BCUT2D eigenvalue weighted by atomic mass is 16.5. The van der Waals surface area contributed by atoms with Crippen LogP contribution in [-0.4, -0.2) is 42.6 Å². The van der Waals surface area contributed by atoms with Crippen molar-refractivity contribution in [2.24, 2.45) is 17.1 Å². The SMILES string of the molecule is CCOC1CC(N(C)C(=O)C2CCC(N)C2)C12CCCCC2. The van der Waals surface area contributed by atoms with E-state index in [0.29, 0.717) is 18.1 Å². The van der Waals surface area contributed by atoms with Crippen LogP contribution in [0.5, 0.6) is 0 Å². The molecule has 0 heterocycles. The summed E-state index contributed by atoms with van der Waals surface area (Å²) in [6.45, 7) is 2.87. The van der Waals surface area contributed by atoms with Gasteiger partial charge in [-0.1, -0.05) is 19.3 Å². The lowest BCUT2D eigenvalue weighted by molar-refractivity contribution is -0.186. The molecule has 1 amide bonds. The van der Waals surface area contributed by atoms with Crippen LogP contribution >= 0.6 is 0 Å². The van der Waals surface area contributed by atoms with Crippen LogP contribution in [0, 0.1) is 11.3 Å². The molecule has 4 heteroatoms. The highest BCUT2D eigenvalue weighted by molar-refractivity contribution is 5.79. The molecule has 0 saturated heterocycles. The Balaban J connectivity index is 1.68. The normalized spacial score (nSPS) is 37.0. The molecule has 0 aliphatic heterocycles. The van der Waals surface area contributed by atoms with Gasteiger partial charge in [-0.3, -0.25) is 4.79 Å². The van der Waals surface area contributed by atoms with Crippen molar-refractivity contribution in [3.63, 3.8) is 0 Å². The Morgan fingerprint density at radius 1 is 1.23 bits per heavy atom. The van der Waals surface area contributed by atoms with Gasteiger partial charge in [0.1, 0.15) is 0 Å². The van der Waals surface area contributed by atoms with Crippen molar-refractivity contribution in [3.05, 3.63) is 0 Å². The Morgan fingerprint density at radius 2 is 1.95 bits per heavy atom. The minimum absolute atomic E-state index is 0.159. The van der Waals surface area contributed by atoms with E-state index >= 15 is 0 Å². The molecular weight excluding hydrogens is 276 g/mol. The molecule has 0 radical (unpaired) electrons. The monoisotopic (exact) mass is 308 g/mol. The van der Waals surface area contributed by atoms with E-state index in [1.54, 1.807) is 0 Å². The quantitative estimate of drug-likeness (QED) is 0.869. The molecule has 3 rings (SSSR count). The fraction of sp³-hybridized carbons (Fsp3) is 0.944. The lowest BCUT2D eigenvalue weighted by atomic mass is 9.54. The third-order valence-electron chi connectivity index (χ3n) is 6.53. The van der Waals surface area contributed by atoms with E-state index in [4.69, 9.17) is 10.5 Å². The lowest BCUT2D eigenvalue weighted by Gasteiger charge is -2.60. The summed E-state index contributed by atoms with van der Waals surface area (Å²) in [5.41, 5.74) is 6.23. The topological polar surface area (TPSA) is 55.6 Å². The third kappa shape index (κ3) is 2.69. The van der Waals surface area contributed by atoms with E-state index in [2.05, 4.69) is 11.8 Å². The maximum absolute atomic E-state index is 12.8. The Hall–Kier alpha value is -0.610. The second kappa shape index (κ2) is 6.48. The third-order valence-corrected chi connectivity index (χ3v) is 6.53. The van der Waals surface area contributed by atoms with Gasteiger partial charge in [0.15, 0.2) is 0 Å². The average molecular weight is 308 g/mol. The number of rotatable bonds is 4. The molecule has 126 valence electrons. The average Bonchev–Trinajstić information content (AvgIpc) is 2.97. The highest BCUT2D eigenvalue weighted by Gasteiger charge is 2.58. The van der Waals surface area contributed by atoms with E-state index in [0.717, 1.165) is 32.3 Å². The summed E-state index contributed by atoms with van der Waals surface area (Å²) in [6.07, 6.45) is 10.6. The zero-order chi connectivity index (χ0) is 15.7. The van der Waals surface area contributed by atoms with Gasteiger partial charge in [-0.05, 0) is 45.4 Å². The molecule has 4 unspecified atom stereocenters. The van der Waals surface area contributed by atoms with Crippen LogP contribution in [0.4, 0.5) is 0 Å². The van der Waals surface area contributed by atoms with Gasteiger partial charge in [-0.15, -0.1) is 0 Å². The van der Waals surface area contributed by atoms with Crippen molar-refractivity contribution >= 4 is 5.91 Å². The number of nitrogens with zero attached hydrogens (tertiary/aromatic N) is 1. The largest absolute Gasteiger partial charge is 0.378 e. The van der Waals surface area contributed by atoms with Crippen molar-refractivity contribution in [1.82, 2.24) is 4.90 Å². The minimum atomic E-state index is 0.159. The summed E-state index contributed by atoms with van der Waals surface area (Å²) in [5.74, 6) is 0.490. The molecule has 3 aliphatic rings. The zero-order valence-electron chi connectivity index (χ0n) is 14.2. The van der Waals surface area contributed by atoms with Crippen molar-refractivity contribution in [3.8, 4) is 0 Å². The van der Waals surface area contributed by atoms with Gasteiger partial charge in [-0.25, -0.2) is 0 Å². The van der Waals surface area contributed by atoms with E-state index in [1.807, 2.05) is 7.05 Å². The summed E-state index contributed by atoms with van der Waals surface area (Å²) >= 11 is 0. The van der Waals surface area contributed by atoms with Crippen LogP contribution < -0.4 is 5.73 Å². The van der Waals surface area contributed by atoms with Crippen LogP contribution in [0.3, 0.4) is 0 Å². The maximum Gasteiger partial charge on any atom is 0.225 e. The second-order valence-corrected chi connectivity index (χ2v) is 7.71. The molecule has 2 N–H and O–H groups in total. The molecule has 3 fully saturated rings. The van der Waals surface area contributed by atoms with Gasteiger partial charge < -0.3 is 15.4 Å². The van der Waals surface area contributed by atoms with Crippen molar-refractivity contribution in [2.45, 2.75) is 82.9 Å². The predicted molar refractivity (Wildman–Crippen MR) is 87.4 cm³/mol. The molecular formula is C18H32N2O2. The van der Waals surface area contributed by atoms with Crippen molar-refractivity contribution < 1.29 is 9.53 Å². The molecule has 0 bridgehead atoms. The van der Waals surface area contributed by atoms with Crippen LogP contribution in [-0.2, 0) is 9.53 Å². The van der Waals surface area contributed by atoms with Crippen molar-refractivity contribution in [2.75, 3.05) is 13.7 Å². The van der Waals surface area contributed by atoms with Gasteiger partial charge >= 0.3 is 0 Å². The molecule has 3 saturated carbocycles. The number of amides is 1. The van der Waals surface area contributed by atoms with Crippen molar-refractivity contribution in [1.29, 1.82) is 0 Å². The molecule has 3 aliphatic carbocycles. The van der Waals surface area contributed by atoms with E-state index < -0.39 is 0 Å². The van der Waals surface area contributed by atoms with Crippen LogP contribution in [0.2, 0.25) is 0 Å². The number of ether oxygens (including phenoxy) is 1. The molecule has 0 aromatic heterocycles. The highest BCUT2D eigenvalue weighted by Crippen LogP contribution is 2.55. The molecule has 0 aromatic carbocycles. The standard InChI is InChI=1S/C18H32N2O2/c1-3-22-16-12-15(18(16)9-5-4-6-10-18)20(2)17(21)13-7-8-14(19)11-13/h13-16H,3-12,19H2,1-2H3. The molecule has 1 spiro atoms. The van der Waals surface area contributed by atoms with Gasteiger partial charge in [0.2, 0.25) is 5.91 Å². The maximum atomic E-state index is 12.8. The fourth-order valence-corrected chi connectivity index (χ4v) is 5.25. The lowest BCUT2D eigenvalue weighted by Crippen LogP contribution is -2.66. The molecule has 4 atom stereocenters. The Kier molecular flexibility index (Phi) is 4.79. The number of nitrogens with two attached hydrogens (primary N) is 1. The number of hydrogen-bond donors (Lipinski definition) is 1. The fourth-order valence-electron chi connectivity index (χ4n) is 5.25. The summed E-state index contributed by atoms with van der Waals surface area (Å²) in [7, 11) is 2.02. The Bertz CT molecular complexity index is 406. The second-order valence-electron chi connectivity index (χ2n) is 7.71. The first kappa shape index (κ1) is 16.3. The predicted octanol–water partition coefficient (Wildman–Crippen LogP) is 2.70. The van der Waals surface area contributed by atoms with E-state index in [-0.39, 0.29) is 17.4 Å². The van der Waals surface area contributed by atoms with Crippen LogP contribution in [0.15, 0.2) is 0 Å². The van der Waals surface area contributed by atoms with Gasteiger partial charge in [-0.2, -0.15) is 0 Å². The first-order valence-corrected chi connectivity index (χ1v) is 9.22. The van der Waals surface area contributed by atoms with Crippen LogP contribution in [0.1, 0.15) is 64.7 Å². The smallest absolute Gasteiger partial charge is 0.225 e. The Labute approximate surface area is 134 Å². The number of hydrogen-bond acceptors (Lipinski definition) is 3. The van der Waals surface area contributed by atoms with E-state index in [1.165, 1.54) is 32.1 Å². The molecule has 0 aromatic rings. The summed E-state index contributed by atoms with van der Waals surface area (Å²) in [4.78, 5) is 14.9. The summed E-state index contributed by atoms with van der Waals surface area (Å²) < 4.78 is 6.02. The molecule has 22 heavy (non-hydrogen) atoms. The Morgan fingerprint density at radius 3 is 2.55 bits per heavy atom. The van der Waals surface area contributed by atoms with Crippen LogP contribution in [0.25, 0.3) is 0 Å². The van der Waals surface area contributed by atoms with Gasteiger partial charge in [0, 0.05) is 37.1 Å². The van der Waals surface area contributed by atoms with Gasteiger partial charge in [0.05, 0.1) is 6.10 Å². The first-order chi connectivity index (χ1) is 10.6. The number of carbonyl (C=O) groups is 1.